The molecule has 0 saturated carbocycles. The first-order valence-corrected chi connectivity index (χ1v) is 8.09. The maximum Gasteiger partial charge on any atom is 0.234 e. The predicted molar refractivity (Wildman–Crippen MR) is 96.9 cm³/mol. The van der Waals surface area contributed by atoms with E-state index < -0.39 is 0 Å². The lowest BCUT2D eigenvalue weighted by molar-refractivity contribution is 0.122. The number of nitrogens with one attached hydrogen (secondary N) is 2. The van der Waals surface area contributed by atoms with Gasteiger partial charge in [0, 0.05) is 26.2 Å². The van der Waals surface area contributed by atoms with Crippen LogP contribution >= 0.6 is 12.2 Å². The number of morpholine rings is 1. The Morgan fingerprint density at radius 3 is 2.67 bits per heavy atom. The highest BCUT2D eigenvalue weighted by molar-refractivity contribution is 7.80. The summed E-state index contributed by atoms with van der Waals surface area (Å²) >= 11 is 5.13. The lowest BCUT2D eigenvalue weighted by atomic mass is 10.3. The molecule has 126 valence electrons. The van der Waals surface area contributed by atoms with Gasteiger partial charge in [-0.3, -0.25) is 0 Å². The number of hydrogen-bond donors (Lipinski definition) is 2. The molecule has 1 fully saturated rings. The zero-order valence-corrected chi connectivity index (χ0v) is 14.2. The van der Waals surface area contributed by atoms with E-state index in [1.54, 1.807) is 7.05 Å². The molecule has 1 aliphatic rings. The Bertz CT molecular complexity index is 692. The van der Waals surface area contributed by atoms with Crippen LogP contribution < -0.4 is 20.3 Å². The van der Waals surface area contributed by atoms with Gasteiger partial charge in [0.25, 0.3) is 0 Å². The van der Waals surface area contributed by atoms with Crippen molar-refractivity contribution in [3.05, 3.63) is 36.4 Å². The molecule has 7 nitrogen and oxygen atoms in total. The summed E-state index contributed by atoms with van der Waals surface area (Å²) < 4.78 is 11.2. The van der Waals surface area contributed by atoms with Crippen LogP contribution in [0.15, 0.2) is 36.4 Å². The van der Waals surface area contributed by atoms with Gasteiger partial charge >= 0.3 is 0 Å². The SMILES string of the molecule is CNC(=S)Nc1nc(Oc2ccccc2)cc(N2CCOCC2)n1. The number of anilines is 2. The number of hydrogen-bond acceptors (Lipinski definition) is 6. The average molecular weight is 345 g/mol. The van der Waals surface area contributed by atoms with Crippen LogP contribution in [0.5, 0.6) is 11.6 Å². The summed E-state index contributed by atoms with van der Waals surface area (Å²) in [6.07, 6.45) is 0. The standard InChI is InChI=1S/C16H19N5O2S/c1-17-16(24)20-15-18-13(21-7-9-22-10-8-21)11-14(19-15)23-12-5-3-2-4-6-12/h2-6,11H,7-10H2,1H3,(H2,17,18,19,20,24). The van der Waals surface area contributed by atoms with Gasteiger partial charge in [0.05, 0.1) is 13.2 Å². The fourth-order valence-electron chi connectivity index (χ4n) is 2.25. The van der Waals surface area contributed by atoms with Gasteiger partial charge in [-0.25, -0.2) is 0 Å². The molecule has 1 aliphatic heterocycles. The van der Waals surface area contributed by atoms with E-state index >= 15 is 0 Å². The van der Waals surface area contributed by atoms with Gasteiger partial charge in [-0.15, -0.1) is 0 Å². The van der Waals surface area contributed by atoms with Crippen molar-refractivity contribution in [1.82, 2.24) is 15.3 Å². The average Bonchev–Trinajstić information content (AvgIpc) is 2.63. The number of aromatic nitrogens is 2. The van der Waals surface area contributed by atoms with Crippen molar-refractivity contribution in [3.63, 3.8) is 0 Å². The van der Waals surface area contributed by atoms with E-state index in [4.69, 9.17) is 21.7 Å². The van der Waals surface area contributed by atoms with Crippen molar-refractivity contribution in [3.8, 4) is 11.6 Å². The fraction of sp³-hybridized carbons (Fsp3) is 0.312. The van der Waals surface area contributed by atoms with Gasteiger partial charge in [-0.1, -0.05) is 18.2 Å². The molecule has 1 aromatic carbocycles. The quantitative estimate of drug-likeness (QED) is 0.816. The maximum absolute atomic E-state index is 5.85. The minimum absolute atomic E-state index is 0.393. The van der Waals surface area contributed by atoms with Crippen molar-refractivity contribution < 1.29 is 9.47 Å². The molecule has 0 unspecified atom stereocenters. The molecular weight excluding hydrogens is 326 g/mol. The summed E-state index contributed by atoms with van der Waals surface area (Å²) in [7, 11) is 1.74. The topological polar surface area (TPSA) is 71.5 Å². The first-order valence-electron chi connectivity index (χ1n) is 7.68. The van der Waals surface area contributed by atoms with E-state index in [9.17, 15) is 0 Å². The van der Waals surface area contributed by atoms with Crippen LogP contribution in [0, 0.1) is 0 Å². The van der Waals surface area contributed by atoms with Gasteiger partial charge in [0.1, 0.15) is 11.6 Å². The van der Waals surface area contributed by atoms with Crippen LogP contribution in [-0.4, -0.2) is 48.4 Å². The largest absolute Gasteiger partial charge is 0.439 e. The molecule has 3 rings (SSSR count). The second kappa shape index (κ2) is 7.89. The van der Waals surface area contributed by atoms with Crippen LogP contribution in [-0.2, 0) is 4.74 Å². The molecule has 1 aromatic heterocycles. The van der Waals surface area contributed by atoms with Gasteiger partial charge in [-0.2, -0.15) is 9.97 Å². The minimum atomic E-state index is 0.393. The molecule has 0 bridgehead atoms. The second-order valence-electron chi connectivity index (χ2n) is 5.11. The monoisotopic (exact) mass is 345 g/mol. The van der Waals surface area contributed by atoms with Gasteiger partial charge < -0.3 is 25.0 Å². The summed E-state index contributed by atoms with van der Waals surface area (Å²) in [4.78, 5) is 11.0. The molecule has 2 N–H and O–H groups in total. The Hall–Kier alpha value is -2.45. The van der Waals surface area contributed by atoms with Gasteiger partial charge in [-0.05, 0) is 24.4 Å². The zero-order chi connectivity index (χ0) is 16.8. The third-order valence-electron chi connectivity index (χ3n) is 3.44. The number of thiocarbonyl (C=S) groups is 1. The molecule has 8 heteroatoms. The van der Waals surface area contributed by atoms with Crippen LogP contribution in [0.2, 0.25) is 0 Å². The van der Waals surface area contributed by atoms with Crippen LogP contribution in [0.4, 0.5) is 11.8 Å². The Kier molecular flexibility index (Phi) is 5.39. The molecule has 0 spiro atoms. The molecule has 2 heterocycles. The number of ether oxygens (including phenoxy) is 2. The number of benzene rings is 1. The highest BCUT2D eigenvalue weighted by Crippen LogP contribution is 2.25. The highest BCUT2D eigenvalue weighted by atomic mass is 32.1. The molecule has 0 aliphatic carbocycles. The van der Waals surface area contributed by atoms with Crippen molar-refractivity contribution in [1.29, 1.82) is 0 Å². The molecule has 24 heavy (non-hydrogen) atoms. The van der Waals surface area contributed by atoms with E-state index in [2.05, 4.69) is 25.5 Å². The second-order valence-corrected chi connectivity index (χ2v) is 5.51. The Morgan fingerprint density at radius 2 is 1.96 bits per heavy atom. The van der Waals surface area contributed by atoms with Gasteiger partial charge in [0.15, 0.2) is 5.11 Å². The van der Waals surface area contributed by atoms with E-state index in [0.29, 0.717) is 35.9 Å². The lowest BCUT2D eigenvalue weighted by Crippen LogP contribution is -2.37. The summed E-state index contributed by atoms with van der Waals surface area (Å²) in [5.41, 5.74) is 0. The summed E-state index contributed by atoms with van der Waals surface area (Å²) in [6.45, 7) is 2.91. The van der Waals surface area contributed by atoms with E-state index in [0.717, 1.165) is 18.9 Å². The third kappa shape index (κ3) is 4.30. The minimum Gasteiger partial charge on any atom is -0.439 e. The fourth-order valence-corrected chi connectivity index (χ4v) is 2.34. The first kappa shape index (κ1) is 16.4. The van der Waals surface area contributed by atoms with E-state index in [-0.39, 0.29) is 0 Å². The number of rotatable bonds is 4. The Labute approximate surface area is 146 Å². The summed E-state index contributed by atoms with van der Waals surface area (Å²) in [6, 6.07) is 11.3. The smallest absolute Gasteiger partial charge is 0.234 e. The molecule has 1 saturated heterocycles. The molecule has 0 atom stereocenters. The number of nitrogens with zero attached hydrogens (tertiary/aromatic N) is 3. The van der Waals surface area contributed by atoms with Crippen LogP contribution in [0.3, 0.4) is 0 Å². The van der Waals surface area contributed by atoms with E-state index in [1.165, 1.54) is 0 Å². The third-order valence-corrected chi connectivity index (χ3v) is 3.75. The molecule has 2 aromatic rings. The van der Waals surface area contributed by atoms with Crippen LogP contribution in [0.1, 0.15) is 0 Å². The summed E-state index contributed by atoms with van der Waals surface area (Å²) in [5, 5.41) is 6.25. The Balaban J connectivity index is 1.88. The van der Waals surface area contributed by atoms with Crippen molar-refractivity contribution in [2.45, 2.75) is 0 Å². The lowest BCUT2D eigenvalue weighted by Gasteiger charge is -2.28. The molecular formula is C16H19N5O2S. The maximum atomic E-state index is 5.85. The normalized spacial score (nSPS) is 14.1. The highest BCUT2D eigenvalue weighted by Gasteiger charge is 2.16. The van der Waals surface area contributed by atoms with Crippen molar-refractivity contribution in [2.75, 3.05) is 43.6 Å². The molecule has 0 amide bonds. The van der Waals surface area contributed by atoms with Gasteiger partial charge in [0.2, 0.25) is 11.8 Å². The van der Waals surface area contributed by atoms with Crippen molar-refractivity contribution >= 4 is 29.1 Å². The van der Waals surface area contributed by atoms with E-state index in [1.807, 2.05) is 36.4 Å². The summed E-state index contributed by atoms with van der Waals surface area (Å²) in [5.74, 6) is 2.34. The number of para-hydroxylation sites is 1. The molecule has 0 radical (unpaired) electrons. The zero-order valence-electron chi connectivity index (χ0n) is 13.4. The van der Waals surface area contributed by atoms with Crippen LogP contribution in [0.25, 0.3) is 0 Å². The van der Waals surface area contributed by atoms with Crippen molar-refractivity contribution in [2.24, 2.45) is 0 Å². The Morgan fingerprint density at radius 1 is 1.21 bits per heavy atom. The first-order chi connectivity index (χ1) is 11.7. The predicted octanol–water partition coefficient (Wildman–Crippen LogP) is 2.02.